The van der Waals surface area contributed by atoms with Crippen molar-refractivity contribution in [1.29, 1.82) is 0 Å². The summed E-state index contributed by atoms with van der Waals surface area (Å²) in [7, 11) is 1.71. The number of methoxy groups -OCH3 is 1. The highest BCUT2D eigenvalue weighted by molar-refractivity contribution is 5.33. The normalized spacial score (nSPS) is 29.1. The average molecular weight is 475 g/mol. The van der Waals surface area contributed by atoms with Crippen LogP contribution >= 0.6 is 0 Å². The molecule has 1 unspecified atom stereocenters. The number of rotatable bonds is 7. The fourth-order valence-corrected chi connectivity index (χ4v) is 5.76. The van der Waals surface area contributed by atoms with E-state index in [1.54, 1.807) is 19.2 Å². The molecule has 0 N–H and O–H groups in total. The molecule has 2 saturated carbocycles. The molecule has 0 radical (unpaired) electrons. The molecule has 6 heteroatoms. The maximum Gasteiger partial charge on any atom is 0.162 e. The third-order valence-electron chi connectivity index (χ3n) is 8.01. The highest BCUT2D eigenvalue weighted by Gasteiger charge is 2.30. The summed E-state index contributed by atoms with van der Waals surface area (Å²) in [6, 6.07) is 8.55. The van der Waals surface area contributed by atoms with Gasteiger partial charge in [0.2, 0.25) is 0 Å². The van der Waals surface area contributed by atoms with Crippen molar-refractivity contribution in [3.63, 3.8) is 0 Å². The van der Waals surface area contributed by atoms with Crippen LogP contribution in [0.1, 0.15) is 86.0 Å². The van der Waals surface area contributed by atoms with Gasteiger partial charge in [0.15, 0.2) is 11.6 Å². The van der Waals surface area contributed by atoms with E-state index in [9.17, 15) is 4.39 Å². The molecule has 34 heavy (non-hydrogen) atoms. The van der Waals surface area contributed by atoms with Crippen LogP contribution in [0, 0.1) is 23.4 Å². The van der Waals surface area contributed by atoms with Gasteiger partial charge in [-0.3, -0.25) is 0 Å². The molecule has 1 aliphatic heterocycles. The maximum absolute atomic E-state index is 15.1. The predicted molar refractivity (Wildman–Crippen MR) is 124 cm³/mol. The summed E-state index contributed by atoms with van der Waals surface area (Å²) >= 11 is 0. The van der Waals surface area contributed by atoms with Gasteiger partial charge in [-0.05, 0) is 92.4 Å². The zero-order chi connectivity index (χ0) is 23.7. The molecular formula is C28H33F3O3. The van der Waals surface area contributed by atoms with Crippen LogP contribution in [0.25, 0.3) is 0 Å². The van der Waals surface area contributed by atoms with Crippen molar-refractivity contribution in [3.05, 3.63) is 64.5 Å². The van der Waals surface area contributed by atoms with Crippen LogP contribution in [0.15, 0.2) is 30.3 Å². The van der Waals surface area contributed by atoms with E-state index in [-0.39, 0.29) is 29.9 Å². The Labute approximate surface area is 199 Å². The molecule has 2 aromatic carbocycles. The molecule has 0 spiro atoms. The van der Waals surface area contributed by atoms with Gasteiger partial charge in [0.1, 0.15) is 17.7 Å². The molecule has 0 aromatic heterocycles. The van der Waals surface area contributed by atoms with Crippen LogP contribution in [-0.4, -0.2) is 26.4 Å². The first-order chi connectivity index (χ1) is 16.5. The molecule has 0 amide bonds. The Morgan fingerprint density at radius 1 is 0.794 bits per heavy atom. The van der Waals surface area contributed by atoms with Crippen LogP contribution in [0.4, 0.5) is 13.2 Å². The number of hydrogen-bond donors (Lipinski definition) is 0. The Bertz CT molecular complexity index is 991. The zero-order valence-electron chi connectivity index (χ0n) is 19.7. The summed E-state index contributed by atoms with van der Waals surface area (Å²) in [6.45, 7) is 1.08. The summed E-state index contributed by atoms with van der Waals surface area (Å²) in [4.78, 5) is 0. The van der Waals surface area contributed by atoms with E-state index in [1.807, 2.05) is 12.1 Å². The highest BCUT2D eigenvalue weighted by Crippen LogP contribution is 2.41. The summed E-state index contributed by atoms with van der Waals surface area (Å²) in [5.74, 6) is -0.678. The lowest BCUT2D eigenvalue weighted by molar-refractivity contribution is 0.0655. The third-order valence-corrected chi connectivity index (χ3v) is 8.01. The van der Waals surface area contributed by atoms with Gasteiger partial charge in [0.25, 0.3) is 0 Å². The predicted octanol–water partition coefficient (Wildman–Crippen LogP) is 7.20. The lowest BCUT2D eigenvalue weighted by Crippen LogP contribution is -2.21. The molecule has 5 rings (SSSR count). The number of halogens is 3. The van der Waals surface area contributed by atoms with E-state index < -0.39 is 11.6 Å². The Balaban J connectivity index is 1.15. The monoisotopic (exact) mass is 474 g/mol. The number of benzene rings is 2. The first-order valence-electron chi connectivity index (χ1n) is 12.6. The van der Waals surface area contributed by atoms with E-state index in [1.165, 1.54) is 6.07 Å². The van der Waals surface area contributed by atoms with Gasteiger partial charge >= 0.3 is 0 Å². The van der Waals surface area contributed by atoms with Gasteiger partial charge in [0.05, 0.1) is 19.3 Å². The minimum atomic E-state index is -0.665. The topological polar surface area (TPSA) is 31.0 Å². The van der Waals surface area contributed by atoms with Crippen molar-refractivity contribution in [2.45, 2.75) is 75.4 Å². The highest BCUT2D eigenvalue weighted by atomic mass is 19.2. The maximum atomic E-state index is 15.1. The van der Waals surface area contributed by atoms with Crippen LogP contribution in [0.2, 0.25) is 0 Å². The average Bonchev–Trinajstić information content (AvgIpc) is 3.70. The van der Waals surface area contributed by atoms with E-state index >= 15 is 8.78 Å². The molecule has 3 nitrogen and oxygen atoms in total. The lowest BCUT2D eigenvalue weighted by atomic mass is 9.77. The van der Waals surface area contributed by atoms with Crippen molar-refractivity contribution in [3.8, 4) is 5.75 Å². The van der Waals surface area contributed by atoms with Gasteiger partial charge in [-0.2, -0.15) is 0 Å². The van der Waals surface area contributed by atoms with Crippen LogP contribution < -0.4 is 4.74 Å². The summed E-state index contributed by atoms with van der Waals surface area (Å²) < 4.78 is 60.6. The minimum Gasteiger partial charge on any atom is -0.493 e. The molecule has 1 saturated heterocycles. The Hall–Kier alpha value is -2.05. The number of ether oxygens (including phenoxy) is 3. The molecule has 3 fully saturated rings. The largest absolute Gasteiger partial charge is 0.493 e. The van der Waals surface area contributed by atoms with Gasteiger partial charge in [0, 0.05) is 18.7 Å². The van der Waals surface area contributed by atoms with Crippen molar-refractivity contribution >= 4 is 0 Å². The third kappa shape index (κ3) is 5.13. The van der Waals surface area contributed by atoms with Crippen LogP contribution in [0.3, 0.4) is 0 Å². The Kier molecular flexibility index (Phi) is 7.16. The van der Waals surface area contributed by atoms with Gasteiger partial charge in [-0.25, -0.2) is 13.2 Å². The van der Waals surface area contributed by atoms with Crippen LogP contribution in [0.5, 0.6) is 5.75 Å². The van der Waals surface area contributed by atoms with Crippen molar-refractivity contribution in [2.24, 2.45) is 5.92 Å². The van der Waals surface area contributed by atoms with Gasteiger partial charge in [-0.15, -0.1) is 0 Å². The summed E-state index contributed by atoms with van der Waals surface area (Å²) in [6.07, 6.45) is 6.93. The van der Waals surface area contributed by atoms with Crippen molar-refractivity contribution < 1.29 is 27.4 Å². The first-order valence-corrected chi connectivity index (χ1v) is 12.6. The van der Waals surface area contributed by atoms with Crippen molar-refractivity contribution in [1.82, 2.24) is 0 Å². The molecule has 1 heterocycles. The van der Waals surface area contributed by atoms with Crippen LogP contribution in [-0.2, 0) is 9.47 Å². The molecule has 0 bridgehead atoms. The van der Waals surface area contributed by atoms with E-state index in [0.717, 1.165) is 51.4 Å². The molecule has 2 aliphatic carbocycles. The molecule has 184 valence electrons. The number of hydrogen-bond acceptors (Lipinski definition) is 3. The van der Waals surface area contributed by atoms with Gasteiger partial charge < -0.3 is 14.2 Å². The van der Waals surface area contributed by atoms with Crippen molar-refractivity contribution in [2.75, 3.05) is 20.3 Å². The minimum absolute atomic E-state index is 0.0271. The summed E-state index contributed by atoms with van der Waals surface area (Å²) in [5.41, 5.74) is 1.60. The molecule has 2 aromatic rings. The fourth-order valence-electron chi connectivity index (χ4n) is 5.76. The molecule has 1 atom stereocenters. The second kappa shape index (κ2) is 10.3. The van der Waals surface area contributed by atoms with E-state index in [0.29, 0.717) is 41.6 Å². The first kappa shape index (κ1) is 23.7. The second-order valence-corrected chi connectivity index (χ2v) is 10.1. The lowest BCUT2D eigenvalue weighted by Gasteiger charge is -2.30. The number of epoxide rings is 1. The SMILES string of the molecule is COC1CCC(c2ccc(C3CCC(COc4ccc(C5CO5)c(F)c4)CC3)c(F)c2F)CC1. The Morgan fingerprint density at radius 3 is 1.88 bits per heavy atom. The molecule has 3 aliphatic rings. The second-order valence-electron chi connectivity index (χ2n) is 10.1. The van der Waals surface area contributed by atoms with E-state index in [2.05, 4.69) is 0 Å². The fraction of sp³-hybridized carbons (Fsp3) is 0.571. The Morgan fingerprint density at radius 2 is 1.35 bits per heavy atom. The van der Waals surface area contributed by atoms with Gasteiger partial charge in [-0.1, -0.05) is 12.1 Å². The summed E-state index contributed by atoms with van der Waals surface area (Å²) in [5, 5.41) is 0. The van der Waals surface area contributed by atoms with E-state index in [4.69, 9.17) is 14.2 Å². The standard InChI is InChI=1S/C28H33F3O3/c1-32-20-8-6-19(7-9-20)23-13-12-22(27(30)28(23)31)18-4-2-17(3-5-18)15-33-21-10-11-24(25(29)14-21)26-16-34-26/h10-14,17-20,26H,2-9,15-16H2,1H3. The smallest absolute Gasteiger partial charge is 0.162 e. The molecular weight excluding hydrogens is 441 g/mol. The quantitative estimate of drug-likeness (QED) is 0.398. The zero-order valence-corrected chi connectivity index (χ0v) is 19.7.